The van der Waals surface area contributed by atoms with E-state index in [-0.39, 0.29) is 17.7 Å². The molecule has 1 fully saturated rings. The third-order valence-electron chi connectivity index (χ3n) is 5.07. The number of carbonyl (C=O) groups excluding carboxylic acids is 1. The van der Waals surface area contributed by atoms with Gasteiger partial charge in [0.05, 0.1) is 38.5 Å². The fourth-order valence-electron chi connectivity index (χ4n) is 3.43. The second kappa shape index (κ2) is 8.77. The number of hydrogen-bond acceptors (Lipinski definition) is 4. The molecule has 0 bridgehead atoms. The molecule has 6 heteroatoms. The van der Waals surface area contributed by atoms with Crippen LogP contribution in [0.5, 0.6) is 11.5 Å². The van der Waals surface area contributed by atoms with E-state index in [1.807, 2.05) is 50.2 Å². The molecular formula is C21H28N3O3+. The molecule has 0 radical (unpaired) electrons. The van der Waals surface area contributed by atoms with E-state index in [2.05, 4.69) is 10.2 Å². The molecule has 0 unspecified atom stereocenters. The zero-order valence-electron chi connectivity index (χ0n) is 15.9. The molecule has 2 aromatic rings. The summed E-state index contributed by atoms with van der Waals surface area (Å²) in [6, 6.07) is 14.7. The highest BCUT2D eigenvalue weighted by Gasteiger charge is 2.29. The number of carbonyl (C=O) groups is 1. The lowest BCUT2D eigenvalue weighted by Gasteiger charge is -2.36. The largest absolute Gasteiger partial charge is 0.508 e. The predicted octanol–water partition coefficient (Wildman–Crippen LogP) is 1.52. The lowest BCUT2D eigenvalue weighted by atomic mass is 10.2. The molecule has 1 aliphatic heterocycles. The van der Waals surface area contributed by atoms with Crippen LogP contribution in [0.1, 0.15) is 13.8 Å². The van der Waals surface area contributed by atoms with Crippen molar-refractivity contribution in [2.75, 3.05) is 43.0 Å². The van der Waals surface area contributed by atoms with Crippen LogP contribution >= 0.6 is 0 Å². The summed E-state index contributed by atoms with van der Waals surface area (Å²) in [6.07, 6.45) is 0. The Kier molecular flexibility index (Phi) is 6.19. The van der Waals surface area contributed by atoms with Gasteiger partial charge in [-0.2, -0.15) is 0 Å². The van der Waals surface area contributed by atoms with Gasteiger partial charge in [-0.15, -0.1) is 0 Å². The van der Waals surface area contributed by atoms with Crippen LogP contribution in [-0.2, 0) is 4.79 Å². The number of ether oxygens (including phenoxy) is 1. The van der Waals surface area contributed by atoms with Gasteiger partial charge in [-0.1, -0.05) is 12.1 Å². The number of benzene rings is 2. The van der Waals surface area contributed by atoms with Crippen molar-refractivity contribution < 1.29 is 19.5 Å². The fraction of sp³-hybridized carbons (Fsp3) is 0.381. The zero-order valence-corrected chi connectivity index (χ0v) is 15.9. The monoisotopic (exact) mass is 370 g/mol. The number of hydrogen-bond donors (Lipinski definition) is 3. The first-order valence-electron chi connectivity index (χ1n) is 9.49. The smallest absolute Gasteiger partial charge is 0.282 e. The van der Waals surface area contributed by atoms with Crippen LogP contribution in [0.15, 0.2) is 48.5 Å². The van der Waals surface area contributed by atoms with Crippen LogP contribution in [-0.4, -0.2) is 49.8 Å². The molecule has 0 saturated carbocycles. The molecule has 6 nitrogen and oxygen atoms in total. The van der Waals surface area contributed by atoms with Crippen molar-refractivity contribution in [2.45, 2.75) is 19.9 Å². The summed E-state index contributed by atoms with van der Waals surface area (Å²) in [4.78, 5) is 16.3. The number of piperazine rings is 1. The minimum Gasteiger partial charge on any atom is -0.508 e. The number of phenolic OH excluding ortho intramolecular Hbond substituents is 1. The van der Waals surface area contributed by atoms with E-state index >= 15 is 0 Å². The van der Waals surface area contributed by atoms with Crippen molar-refractivity contribution >= 4 is 17.3 Å². The Bertz CT molecular complexity index is 756. The number of amides is 1. The zero-order chi connectivity index (χ0) is 19.2. The molecule has 0 aromatic heterocycles. The second-order valence-corrected chi connectivity index (χ2v) is 6.80. The summed E-state index contributed by atoms with van der Waals surface area (Å²) in [6.45, 7) is 8.02. The van der Waals surface area contributed by atoms with Crippen molar-refractivity contribution in [1.29, 1.82) is 0 Å². The summed E-state index contributed by atoms with van der Waals surface area (Å²) in [5, 5.41) is 12.4. The van der Waals surface area contributed by atoms with Crippen molar-refractivity contribution in [3.8, 4) is 11.5 Å². The normalized spacial score (nSPS) is 16.0. The maximum atomic E-state index is 12.7. The Morgan fingerprint density at radius 1 is 1.19 bits per heavy atom. The molecule has 27 heavy (non-hydrogen) atoms. The lowest BCUT2D eigenvalue weighted by molar-refractivity contribution is -0.914. The Balaban J connectivity index is 1.56. The van der Waals surface area contributed by atoms with Gasteiger partial charge < -0.3 is 25.0 Å². The highest BCUT2D eigenvalue weighted by molar-refractivity contribution is 5.94. The van der Waals surface area contributed by atoms with E-state index in [1.165, 1.54) is 4.90 Å². The third kappa shape index (κ3) is 4.71. The molecule has 0 aliphatic carbocycles. The Morgan fingerprint density at radius 3 is 2.52 bits per heavy atom. The van der Waals surface area contributed by atoms with E-state index < -0.39 is 0 Å². The predicted molar refractivity (Wildman–Crippen MR) is 107 cm³/mol. The molecule has 1 aliphatic rings. The van der Waals surface area contributed by atoms with Gasteiger partial charge in [0.15, 0.2) is 6.04 Å². The van der Waals surface area contributed by atoms with Gasteiger partial charge in [-0.25, -0.2) is 0 Å². The topological polar surface area (TPSA) is 66.2 Å². The van der Waals surface area contributed by atoms with Gasteiger partial charge in [0.2, 0.25) is 0 Å². The SMILES string of the molecule is CCOc1ccccc1NC(=O)[C@H](C)[NH+]1CCN(c2ccc(O)cc2)CC1. The average molecular weight is 370 g/mol. The first-order chi connectivity index (χ1) is 13.1. The van der Waals surface area contributed by atoms with Gasteiger partial charge in [0.25, 0.3) is 5.91 Å². The van der Waals surface area contributed by atoms with Gasteiger partial charge in [0.1, 0.15) is 11.5 Å². The summed E-state index contributed by atoms with van der Waals surface area (Å²) in [5.41, 5.74) is 1.83. The molecule has 3 rings (SSSR count). The van der Waals surface area contributed by atoms with Crippen LogP contribution in [0.4, 0.5) is 11.4 Å². The Morgan fingerprint density at radius 2 is 1.85 bits per heavy atom. The Hall–Kier alpha value is -2.73. The van der Waals surface area contributed by atoms with Crippen LogP contribution < -0.4 is 19.9 Å². The first-order valence-corrected chi connectivity index (χ1v) is 9.49. The highest BCUT2D eigenvalue weighted by atomic mass is 16.5. The number of para-hydroxylation sites is 2. The third-order valence-corrected chi connectivity index (χ3v) is 5.07. The Labute approximate surface area is 160 Å². The standard InChI is InChI=1S/C21H27N3O3/c1-3-27-20-7-5-4-6-19(20)22-21(26)16(2)23-12-14-24(15-13-23)17-8-10-18(25)11-9-17/h4-11,16,25H,3,12-15H2,1-2H3,(H,22,26)/p+1/t16-/m0/s1. The second-order valence-electron chi connectivity index (χ2n) is 6.80. The van der Waals surface area contributed by atoms with Gasteiger partial charge >= 0.3 is 0 Å². The van der Waals surface area contributed by atoms with E-state index in [0.717, 1.165) is 37.6 Å². The van der Waals surface area contributed by atoms with Crippen molar-refractivity contribution in [3.05, 3.63) is 48.5 Å². The first kappa shape index (κ1) is 19.0. The van der Waals surface area contributed by atoms with Crippen molar-refractivity contribution in [3.63, 3.8) is 0 Å². The molecule has 1 heterocycles. The number of nitrogens with one attached hydrogen (secondary N) is 2. The number of phenols is 1. The number of nitrogens with zero attached hydrogens (tertiary/aromatic N) is 1. The molecule has 1 atom stereocenters. The molecule has 3 N–H and O–H groups in total. The average Bonchev–Trinajstić information content (AvgIpc) is 2.70. The summed E-state index contributed by atoms with van der Waals surface area (Å²) in [5.74, 6) is 0.989. The van der Waals surface area contributed by atoms with E-state index in [9.17, 15) is 9.90 Å². The van der Waals surface area contributed by atoms with E-state index in [4.69, 9.17) is 4.74 Å². The van der Waals surface area contributed by atoms with Gasteiger partial charge in [-0.3, -0.25) is 4.79 Å². The number of quaternary nitrogens is 1. The molecule has 1 saturated heterocycles. The maximum Gasteiger partial charge on any atom is 0.282 e. The van der Waals surface area contributed by atoms with Crippen molar-refractivity contribution in [2.24, 2.45) is 0 Å². The molecule has 1 amide bonds. The molecular weight excluding hydrogens is 342 g/mol. The maximum absolute atomic E-state index is 12.7. The minimum atomic E-state index is -0.137. The quantitative estimate of drug-likeness (QED) is 0.721. The molecule has 2 aromatic carbocycles. The van der Waals surface area contributed by atoms with Crippen LogP contribution in [0.2, 0.25) is 0 Å². The van der Waals surface area contributed by atoms with E-state index in [1.54, 1.807) is 12.1 Å². The molecule has 144 valence electrons. The minimum absolute atomic E-state index is 0.00948. The fourth-order valence-corrected chi connectivity index (χ4v) is 3.43. The van der Waals surface area contributed by atoms with Crippen LogP contribution in [0.3, 0.4) is 0 Å². The van der Waals surface area contributed by atoms with Crippen LogP contribution in [0, 0.1) is 0 Å². The summed E-state index contributed by atoms with van der Waals surface area (Å²) >= 11 is 0. The van der Waals surface area contributed by atoms with E-state index in [0.29, 0.717) is 12.4 Å². The highest BCUT2D eigenvalue weighted by Crippen LogP contribution is 2.23. The number of aromatic hydroxyl groups is 1. The van der Waals surface area contributed by atoms with Crippen molar-refractivity contribution in [1.82, 2.24) is 0 Å². The summed E-state index contributed by atoms with van der Waals surface area (Å²) in [7, 11) is 0. The van der Waals surface area contributed by atoms with Crippen LogP contribution in [0.25, 0.3) is 0 Å². The number of rotatable bonds is 6. The van der Waals surface area contributed by atoms with Gasteiger partial charge in [-0.05, 0) is 50.2 Å². The molecule has 0 spiro atoms. The number of anilines is 2. The van der Waals surface area contributed by atoms with Gasteiger partial charge in [0, 0.05) is 5.69 Å². The lowest BCUT2D eigenvalue weighted by Crippen LogP contribution is -3.19. The summed E-state index contributed by atoms with van der Waals surface area (Å²) < 4.78 is 5.59.